The zero-order valence-electron chi connectivity index (χ0n) is 13.7. The van der Waals surface area contributed by atoms with Crippen molar-refractivity contribution in [3.63, 3.8) is 0 Å². The normalized spacial score (nSPS) is 12.8. The Bertz CT molecular complexity index is 1210. The molecule has 3 aromatic heterocycles. The van der Waals surface area contributed by atoms with Gasteiger partial charge in [0.1, 0.15) is 0 Å². The van der Waals surface area contributed by atoms with Crippen molar-refractivity contribution in [1.82, 2.24) is 19.9 Å². The van der Waals surface area contributed by atoms with Gasteiger partial charge in [0, 0.05) is 0 Å². The summed E-state index contributed by atoms with van der Waals surface area (Å²) in [5.74, 6) is 0. The van der Waals surface area contributed by atoms with Crippen LogP contribution in [0.5, 0.6) is 0 Å². The van der Waals surface area contributed by atoms with Crippen molar-refractivity contribution >= 4 is 72.5 Å². The standard InChI is InChI=1S/C20H13N4.Sn.3H/c1-2-14-10-16-5-6-18(23-16)12-20-8-7-19(24-20)11-17-4-3-15(22-17)9-13(1)21-14;;;;/h1-7,9-12,21,24H;;;;. The molecule has 0 fully saturated rings. The molecule has 0 saturated carbocycles. The Balaban J connectivity index is 1.87. The number of hydrogen-bond acceptors (Lipinski definition) is 2. The number of nitrogens with one attached hydrogen (secondary N) is 2. The van der Waals surface area contributed by atoms with Crippen LogP contribution in [0, 0.1) is 0 Å². The van der Waals surface area contributed by atoms with E-state index < -0.39 is 0 Å². The molecule has 5 rings (SSSR count). The van der Waals surface area contributed by atoms with Gasteiger partial charge in [0.2, 0.25) is 0 Å². The molecule has 8 bridgehead atoms. The summed E-state index contributed by atoms with van der Waals surface area (Å²) >= 11 is 0.407. The Labute approximate surface area is 157 Å². The molecule has 2 aliphatic rings. The molecule has 3 aromatic rings. The molecule has 2 aliphatic heterocycles. The van der Waals surface area contributed by atoms with E-state index in [9.17, 15) is 0 Å². The third-order valence-electron chi connectivity index (χ3n) is 4.38. The van der Waals surface area contributed by atoms with Crippen LogP contribution in [0.15, 0.2) is 42.5 Å². The fourth-order valence-corrected chi connectivity index (χ4v) is 4.82. The minimum atomic E-state index is 0.407. The average Bonchev–Trinajstić information content (AvgIpc) is 3.33. The van der Waals surface area contributed by atoms with E-state index >= 15 is 0 Å². The van der Waals surface area contributed by atoms with E-state index in [4.69, 9.17) is 4.98 Å². The number of fused-ring (bicyclic) bond motifs is 8. The van der Waals surface area contributed by atoms with E-state index in [1.807, 2.05) is 18.2 Å². The van der Waals surface area contributed by atoms with Crippen molar-refractivity contribution in [1.29, 1.82) is 0 Å². The Hall–Kier alpha value is -2.60. The summed E-state index contributed by atoms with van der Waals surface area (Å²) in [4.78, 5) is 16.3. The predicted molar refractivity (Wildman–Crippen MR) is 108 cm³/mol. The number of aromatic nitrogens is 4. The molecule has 25 heavy (non-hydrogen) atoms. The Kier molecular flexibility index (Phi) is 3.38. The van der Waals surface area contributed by atoms with Crippen LogP contribution in [0.2, 0.25) is 0 Å². The van der Waals surface area contributed by atoms with E-state index in [0.29, 0.717) is 22.5 Å². The SMILES string of the molecule is [SnH3][c]1cc2cc3nc(cc4ccc(cc5nc(cc1[nH]2)C=C5)[nH]4)C=C3. The van der Waals surface area contributed by atoms with Gasteiger partial charge in [-0.25, -0.2) is 0 Å². The van der Waals surface area contributed by atoms with Gasteiger partial charge in [-0.15, -0.1) is 0 Å². The van der Waals surface area contributed by atoms with Crippen LogP contribution in [-0.2, 0) is 0 Å². The molecule has 0 amide bonds. The van der Waals surface area contributed by atoms with Crippen LogP contribution >= 0.6 is 0 Å². The van der Waals surface area contributed by atoms with Crippen molar-refractivity contribution in [2.75, 3.05) is 0 Å². The number of rotatable bonds is 0. The van der Waals surface area contributed by atoms with Crippen LogP contribution in [-0.4, -0.2) is 42.5 Å². The average molecular weight is 431 g/mol. The van der Waals surface area contributed by atoms with Crippen LogP contribution in [0.4, 0.5) is 0 Å². The third-order valence-corrected chi connectivity index (χ3v) is 6.74. The molecule has 0 unspecified atom stereocenters. The quantitative estimate of drug-likeness (QED) is 0.371. The summed E-state index contributed by atoms with van der Waals surface area (Å²) in [5.41, 5.74) is 8.19. The van der Waals surface area contributed by atoms with E-state index in [2.05, 4.69) is 63.5 Å². The summed E-state index contributed by atoms with van der Waals surface area (Å²) in [5, 5.41) is 0. The van der Waals surface area contributed by atoms with Crippen molar-refractivity contribution in [3.8, 4) is 0 Å². The van der Waals surface area contributed by atoms with E-state index in [-0.39, 0.29) is 0 Å². The molecule has 2 N–H and O–H groups in total. The van der Waals surface area contributed by atoms with E-state index in [1.54, 1.807) is 0 Å². The molecule has 0 saturated heterocycles. The topological polar surface area (TPSA) is 57.4 Å². The monoisotopic (exact) mass is 432 g/mol. The molecule has 4 nitrogen and oxygen atoms in total. The first-order valence-corrected chi connectivity index (χ1v) is 11.1. The second-order valence-corrected chi connectivity index (χ2v) is 9.43. The number of hydrogen-bond donors (Lipinski definition) is 2. The molecular weight excluding hydrogens is 415 g/mol. The van der Waals surface area contributed by atoms with Gasteiger partial charge in [0.15, 0.2) is 0 Å². The fourth-order valence-electron chi connectivity index (χ4n) is 3.16. The van der Waals surface area contributed by atoms with Crippen LogP contribution in [0.1, 0.15) is 22.8 Å². The Morgan fingerprint density at radius 1 is 0.600 bits per heavy atom. The fraction of sp³-hybridized carbons (Fsp3) is 0. The first-order valence-electron chi connectivity index (χ1n) is 8.26. The number of aromatic amines is 2. The van der Waals surface area contributed by atoms with Gasteiger partial charge in [0.25, 0.3) is 0 Å². The molecule has 120 valence electrons. The number of H-pyrrole nitrogens is 2. The van der Waals surface area contributed by atoms with Crippen molar-refractivity contribution < 1.29 is 0 Å². The third kappa shape index (κ3) is 2.93. The van der Waals surface area contributed by atoms with E-state index in [0.717, 1.165) is 39.3 Å². The first-order chi connectivity index (χ1) is 12.2. The van der Waals surface area contributed by atoms with Crippen LogP contribution in [0.3, 0.4) is 0 Å². The van der Waals surface area contributed by atoms with Crippen molar-refractivity contribution in [2.45, 2.75) is 0 Å². The van der Waals surface area contributed by atoms with Gasteiger partial charge >= 0.3 is 158 Å². The summed E-state index contributed by atoms with van der Waals surface area (Å²) in [6.45, 7) is 0. The van der Waals surface area contributed by atoms with Gasteiger partial charge < -0.3 is 0 Å². The zero-order valence-corrected chi connectivity index (χ0v) is 19.5. The summed E-state index contributed by atoms with van der Waals surface area (Å²) in [6, 6.07) is 14.7. The maximum atomic E-state index is 4.70. The molecular formula is C20H16N4Sn. The summed E-state index contributed by atoms with van der Waals surface area (Å²) in [7, 11) is 0. The molecule has 0 atom stereocenters. The number of nitrogens with zero attached hydrogens (tertiary/aromatic N) is 2. The molecule has 0 aromatic carbocycles. The maximum absolute atomic E-state index is 4.70. The molecule has 5 heteroatoms. The van der Waals surface area contributed by atoms with Gasteiger partial charge in [-0.05, 0) is 0 Å². The van der Waals surface area contributed by atoms with Gasteiger partial charge in [-0.1, -0.05) is 0 Å². The molecule has 0 aliphatic carbocycles. The Morgan fingerprint density at radius 3 is 1.72 bits per heavy atom. The molecule has 0 spiro atoms. The van der Waals surface area contributed by atoms with Crippen molar-refractivity contribution in [2.24, 2.45) is 0 Å². The van der Waals surface area contributed by atoms with Crippen molar-refractivity contribution in [3.05, 3.63) is 65.2 Å². The van der Waals surface area contributed by atoms with Gasteiger partial charge in [0.05, 0.1) is 0 Å². The first kappa shape index (κ1) is 14.7. The van der Waals surface area contributed by atoms with Gasteiger partial charge in [-0.3, -0.25) is 0 Å². The predicted octanol–water partition coefficient (Wildman–Crippen LogP) is 2.65. The van der Waals surface area contributed by atoms with E-state index in [1.165, 1.54) is 9.10 Å². The second kappa shape index (κ2) is 5.74. The summed E-state index contributed by atoms with van der Waals surface area (Å²) in [6.07, 6.45) is 8.20. The second-order valence-electron chi connectivity index (χ2n) is 6.36. The molecule has 0 radical (unpaired) electrons. The van der Waals surface area contributed by atoms with Crippen LogP contribution in [0.25, 0.3) is 46.4 Å². The molecule has 5 heterocycles. The summed E-state index contributed by atoms with van der Waals surface area (Å²) < 4.78 is 1.40. The Morgan fingerprint density at radius 2 is 1.12 bits per heavy atom. The minimum absolute atomic E-state index is 0.407. The van der Waals surface area contributed by atoms with Crippen LogP contribution < -0.4 is 3.58 Å². The van der Waals surface area contributed by atoms with Gasteiger partial charge in [-0.2, -0.15) is 0 Å². The zero-order chi connectivity index (χ0) is 16.8.